The van der Waals surface area contributed by atoms with E-state index in [1.165, 1.54) is 0 Å². The van der Waals surface area contributed by atoms with Crippen molar-refractivity contribution in [2.45, 2.75) is 30.7 Å². The Hall–Kier alpha value is -1.59. The first kappa shape index (κ1) is 18.7. The van der Waals surface area contributed by atoms with Crippen molar-refractivity contribution >= 4 is 25.5 Å². The van der Waals surface area contributed by atoms with E-state index >= 15 is 0 Å². The van der Waals surface area contributed by atoms with Gasteiger partial charge in [-0.3, -0.25) is 10.1 Å². The number of halogens is 1. The van der Waals surface area contributed by atoms with Gasteiger partial charge in [-0.1, -0.05) is 6.92 Å². The lowest BCUT2D eigenvalue weighted by Crippen LogP contribution is -2.41. The van der Waals surface area contributed by atoms with E-state index in [0.29, 0.717) is 12.5 Å². The molecule has 0 N–H and O–H groups in total. The summed E-state index contributed by atoms with van der Waals surface area (Å²) in [6.07, 6.45) is 0.615. The summed E-state index contributed by atoms with van der Waals surface area (Å²) in [5, 5.41) is 10.8. The molecule has 0 spiro atoms. The van der Waals surface area contributed by atoms with Gasteiger partial charge in [-0.25, -0.2) is 16.8 Å². The smallest absolute Gasteiger partial charge is 0.258 e. The van der Waals surface area contributed by atoms with Crippen LogP contribution < -0.4 is 0 Å². The summed E-state index contributed by atoms with van der Waals surface area (Å²) in [5.41, 5.74) is -0.938. The van der Waals surface area contributed by atoms with Gasteiger partial charge in [0.2, 0.25) is 15.8 Å². The van der Waals surface area contributed by atoms with E-state index in [0.717, 1.165) is 16.4 Å². The summed E-state index contributed by atoms with van der Waals surface area (Å²) in [7, 11) is -7.48. The largest absolute Gasteiger partial charge is 0.306 e. The third kappa shape index (κ3) is 3.73. The van der Waals surface area contributed by atoms with E-state index in [4.69, 9.17) is 0 Å². The second-order valence-corrected chi connectivity index (χ2v) is 9.66. The molecule has 0 amide bonds. The van der Waals surface area contributed by atoms with E-state index < -0.39 is 47.2 Å². The van der Waals surface area contributed by atoms with E-state index in [1.54, 1.807) is 6.92 Å². The lowest BCUT2D eigenvalue weighted by atomic mass is 10.2. The van der Waals surface area contributed by atoms with Crippen LogP contribution in [0.15, 0.2) is 23.1 Å². The molecule has 8 nitrogen and oxygen atoms in total. The van der Waals surface area contributed by atoms with Crippen molar-refractivity contribution in [2.75, 3.05) is 18.1 Å². The molecule has 1 aliphatic heterocycles. The van der Waals surface area contributed by atoms with Crippen LogP contribution in [0.2, 0.25) is 0 Å². The third-order valence-electron chi connectivity index (χ3n) is 3.78. The minimum atomic E-state index is -4.17. The van der Waals surface area contributed by atoms with E-state index in [-0.39, 0.29) is 24.5 Å². The molecule has 1 atom stereocenters. The number of benzene rings is 1. The van der Waals surface area contributed by atoms with Crippen LogP contribution in [0.1, 0.15) is 19.8 Å². The Kier molecular flexibility index (Phi) is 5.25. The van der Waals surface area contributed by atoms with Crippen molar-refractivity contribution in [1.29, 1.82) is 0 Å². The van der Waals surface area contributed by atoms with Crippen molar-refractivity contribution in [3.8, 4) is 0 Å². The molecule has 11 heteroatoms. The molecule has 1 aromatic carbocycles. The van der Waals surface area contributed by atoms with Crippen LogP contribution >= 0.6 is 0 Å². The average Bonchev–Trinajstić information content (AvgIpc) is 2.84. The Bertz CT molecular complexity index is 853. The monoisotopic (exact) mass is 380 g/mol. The highest BCUT2D eigenvalue weighted by Crippen LogP contribution is 2.28. The summed E-state index contributed by atoms with van der Waals surface area (Å²) >= 11 is 0. The zero-order valence-electron chi connectivity index (χ0n) is 12.9. The molecule has 0 bridgehead atoms. The highest BCUT2D eigenvalue weighted by atomic mass is 32.2. The summed E-state index contributed by atoms with van der Waals surface area (Å²) in [6.45, 7) is 1.81. The minimum Gasteiger partial charge on any atom is -0.258 e. The van der Waals surface area contributed by atoms with E-state index in [9.17, 15) is 31.3 Å². The van der Waals surface area contributed by atoms with E-state index in [1.807, 2.05) is 0 Å². The topological polar surface area (TPSA) is 115 Å². The number of sulfonamides is 1. The van der Waals surface area contributed by atoms with E-state index in [2.05, 4.69) is 0 Å². The van der Waals surface area contributed by atoms with Crippen LogP contribution in [-0.4, -0.2) is 50.2 Å². The van der Waals surface area contributed by atoms with Gasteiger partial charge in [0.05, 0.1) is 21.3 Å². The fourth-order valence-electron chi connectivity index (χ4n) is 2.65. The van der Waals surface area contributed by atoms with Gasteiger partial charge in [0.15, 0.2) is 9.84 Å². The zero-order valence-corrected chi connectivity index (χ0v) is 14.5. The van der Waals surface area contributed by atoms with Crippen LogP contribution in [0.3, 0.4) is 0 Å². The predicted molar refractivity (Wildman–Crippen MR) is 84.3 cm³/mol. The van der Waals surface area contributed by atoms with Gasteiger partial charge in [0, 0.05) is 18.7 Å². The zero-order chi connectivity index (χ0) is 18.1. The highest BCUT2D eigenvalue weighted by molar-refractivity contribution is 7.92. The number of sulfone groups is 1. The standard InChI is InChI=1S/C13H17FN2O6S2/c1-2-6-15(10-5-7-23(19,20)9-10)24(21,22)11-3-4-12(14)13(8-11)16(17)18/h3-4,8,10H,2,5-7,9H2,1H3/t10-/m1/s1. The van der Waals surface area contributed by atoms with Crippen LogP contribution in [0, 0.1) is 15.9 Å². The molecule has 2 rings (SSSR count). The predicted octanol–water partition coefficient (Wildman–Crippen LogP) is 1.32. The maximum Gasteiger partial charge on any atom is 0.306 e. The first-order valence-corrected chi connectivity index (χ1v) is 10.5. The fraction of sp³-hybridized carbons (Fsp3) is 0.538. The lowest BCUT2D eigenvalue weighted by Gasteiger charge is -2.26. The van der Waals surface area contributed by atoms with Gasteiger partial charge in [0.25, 0.3) is 0 Å². The Labute approximate surface area is 139 Å². The summed E-state index contributed by atoms with van der Waals surface area (Å²) in [4.78, 5) is 9.39. The molecule has 0 radical (unpaired) electrons. The number of nitrogens with zero attached hydrogens (tertiary/aromatic N) is 2. The maximum atomic E-state index is 13.4. The minimum absolute atomic E-state index is 0.0771. The first-order valence-electron chi connectivity index (χ1n) is 7.24. The fourth-order valence-corrected chi connectivity index (χ4v) is 6.24. The molecular weight excluding hydrogens is 363 g/mol. The summed E-state index contributed by atoms with van der Waals surface area (Å²) in [5.74, 6) is -1.52. The molecular formula is C13H17FN2O6S2. The number of rotatable bonds is 6. The lowest BCUT2D eigenvalue weighted by molar-refractivity contribution is -0.387. The number of nitro benzene ring substituents is 1. The molecule has 0 aliphatic carbocycles. The molecule has 1 aliphatic rings. The Morgan fingerprint density at radius 3 is 2.58 bits per heavy atom. The molecule has 1 fully saturated rings. The third-order valence-corrected chi connectivity index (χ3v) is 7.48. The molecule has 24 heavy (non-hydrogen) atoms. The Morgan fingerprint density at radius 1 is 1.42 bits per heavy atom. The normalized spacial score (nSPS) is 20.4. The van der Waals surface area contributed by atoms with Crippen LogP contribution in [0.25, 0.3) is 0 Å². The van der Waals surface area contributed by atoms with Gasteiger partial charge in [-0.15, -0.1) is 0 Å². The van der Waals surface area contributed by atoms with Crippen LogP contribution in [0.5, 0.6) is 0 Å². The number of nitro groups is 1. The Morgan fingerprint density at radius 2 is 2.08 bits per heavy atom. The van der Waals surface area contributed by atoms with Crippen LogP contribution in [0.4, 0.5) is 10.1 Å². The van der Waals surface area contributed by atoms with Gasteiger partial charge >= 0.3 is 5.69 Å². The quantitative estimate of drug-likeness (QED) is 0.543. The summed E-state index contributed by atoms with van der Waals surface area (Å²) < 4.78 is 63.3. The highest BCUT2D eigenvalue weighted by Gasteiger charge is 2.38. The molecule has 0 aromatic heterocycles. The summed E-state index contributed by atoms with van der Waals surface area (Å²) in [6, 6.07) is 1.62. The second kappa shape index (κ2) is 6.73. The van der Waals surface area contributed by atoms with Crippen molar-refractivity contribution in [1.82, 2.24) is 4.31 Å². The molecule has 1 heterocycles. The maximum absolute atomic E-state index is 13.4. The molecule has 0 saturated carbocycles. The van der Waals surface area contributed by atoms with Crippen LogP contribution in [-0.2, 0) is 19.9 Å². The van der Waals surface area contributed by atoms with Crippen molar-refractivity contribution in [2.24, 2.45) is 0 Å². The van der Waals surface area contributed by atoms with Gasteiger partial charge in [0.1, 0.15) is 0 Å². The Balaban J connectivity index is 2.46. The van der Waals surface area contributed by atoms with Gasteiger partial charge in [-0.05, 0) is 25.0 Å². The molecule has 0 unspecified atom stereocenters. The van der Waals surface area contributed by atoms with Crippen molar-refractivity contribution in [3.63, 3.8) is 0 Å². The molecule has 1 saturated heterocycles. The first-order chi connectivity index (χ1) is 11.1. The number of hydrogen-bond donors (Lipinski definition) is 0. The molecule has 134 valence electrons. The molecule has 1 aromatic rings. The average molecular weight is 380 g/mol. The van der Waals surface area contributed by atoms with Crippen molar-refractivity contribution < 1.29 is 26.1 Å². The van der Waals surface area contributed by atoms with Crippen molar-refractivity contribution in [3.05, 3.63) is 34.1 Å². The number of hydrogen-bond acceptors (Lipinski definition) is 6. The van der Waals surface area contributed by atoms with Gasteiger partial charge < -0.3 is 0 Å². The van der Waals surface area contributed by atoms with Gasteiger partial charge in [-0.2, -0.15) is 8.70 Å². The SMILES string of the molecule is CCCN([C@@H]1CCS(=O)(=O)C1)S(=O)(=O)c1ccc(F)c([N+](=O)[O-])c1. The second-order valence-electron chi connectivity index (χ2n) is 5.54.